The summed E-state index contributed by atoms with van der Waals surface area (Å²) < 4.78 is 5.53. The van der Waals surface area contributed by atoms with Crippen LogP contribution in [0.4, 0.5) is 0 Å². The Morgan fingerprint density at radius 3 is 2.30 bits per heavy atom. The van der Waals surface area contributed by atoms with Gasteiger partial charge in [-0.25, -0.2) is 0 Å². The Morgan fingerprint density at radius 2 is 1.70 bits per heavy atom. The number of ether oxygens (including phenoxy) is 1. The molecule has 6 nitrogen and oxygen atoms in total. The van der Waals surface area contributed by atoms with Gasteiger partial charge in [-0.05, 0) is 51.4 Å². The molecule has 1 atom stereocenters. The van der Waals surface area contributed by atoms with E-state index >= 15 is 0 Å². The van der Waals surface area contributed by atoms with Crippen LogP contribution < -0.4 is 5.32 Å². The van der Waals surface area contributed by atoms with Crippen molar-refractivity contribution in [1.29, 1.82) is 5.26 Å². The molecule has 5 aliphatic rings. The van der Waals surface area contributed by atoms with Crippen molar-refractivity contribution in [2.24, 2.45) is 0 Å². The van der Waals surface area contributed by atoms with E-state index in [9.17, 15) is 10.1 Å². The molecule has 8 heteroatoms. The minimum Gasteiger partial charge on any atom is -0.379 e. The highest BCUT2D eigenvalue weighted by Gasteiger charge is 2.51. The SMILES string of the molecule is Cl.Cl.N#C[C@@H]1CCCN1C(=O)CNC12CCC(N3CCOCC3)(CC1)CC2. The van der Waals surface area contributed by atoms with Gasteiger partial charge in [-0.3, -0.25) is 9.69 Å². The van der Waals surface area contributed by atoms with E-state index in [2.05, 4.69) is 16.3 Å². The summed E-state index contributed by atoms with van der Waals surface area (Å²) in [5.74, 6) is 0.106. The lowest BCUT2D eigenvalue weighted by atomic mass is 9.60. The van der Waals surface area contributed by atoms with Crippen LogP contribution in [0.3, 0.4) is 0 Å². The molecule has 1 amide bonds. The van der Waals surface area contributed by atoms with E-state index in [1.807, 2.05) is 0 Å². The average molecular weight is 419 g/mol. The number of hydrogen-bond donors (Lipinski definition) is 1. The first kappa shape index (κ1) is 22.7. The maximum absolute atomic E-state index is 12.5. The van der Waals surface area contributed by atoms with Gasteiger partial charge in [0.15, 0.2) is 0 Å². The molecule has 0 aromatic heterocycles. The first-order valence-corrected chi connectivity index (χ1v) is 9.93. The second-order valence-corrected chi connectivity index (χ2v) is 8.33. The van der Waals surface area contributed by atoms with Crippen molar-refractivity contribution in [3.8, 4) is 6.07 Å². The van der Waals surface area contributed by atoms with Crippen LogP contribution in [0.1, 0.15) is 51.4 Å². The summed E-state index contributed by atoms with van der Waals surface area (Å²) in [6.45, 7) is 5.02. The van der Waals surface area contributed by atoms with Crippen molar-refractivity contribution >= 4 is 30.7 Å². The van der Waals surface area contributed by atoms with Crippen molar-refractivity contribution in [3.05, 3.63) is 0 Å². The summed E-state index contributed by atoms with van der Waals surface area (Å²) in [7, 11) is 0. The number of likely N-dealkylation sites (tertiary alicyclic amines) is 1. The third-order valence-corrected chi connectivity index (χ3v) is 7.23. The largest absolute Gasteiger partial charge is 0.379 e. The Bertz CT molecular complexity index is 538. The van der Waals surface area contributed by atoms with Crippen molar-refractivity contribution in [3.63, 3.8) is 0 Å². The fourth-order valence-electron chi connectivity index (χ4n) is 5.51. The van der Waals surface area contributed by atoms with Crippen molar-refractivity contribution in [1.82, 2.24) is 15.1 Å². The van der Waals surface area contributed by atoms with E-state index in [1.54, 1.807) is 4.90 Å². The minimum absolute atomic E-state index is 0. The van der Waals surface area contributed by atoms with E-state index in [-0.39, 0.29) is 42.3 Å². The number of amides is 1. The molecule has 0 aromatic carbocycles. The predicted molar refractivity (Wildman–Crippen MR) is 108 cm³/mol. The maximum atomic E-state index is 12.5. The highest BCUT2D eigenvalue weighted by molar-refractivity contribution is 5.85. The number of nitriles is 1. The molecule has 3 aliphatic carbocycles. The van der Waals surface area contributed by atoms with Crippen LogP contribution in [0.15, 0.2) is 0 Å². The minimum atomic E-state index is -0.210. The van der Waals surface area contributed by atoms with Gasteiger partial charge in [0, 0.05) is 30.7 Å². The number of fused-ring (bicyclic) bond motifs is 3. The topological polar surface area (TPSA) is 68.6 Å². The Morgan fingerprint density at radius 1 is 1.07 bits per heavy atom. The Hall–Kier alpha value is -0.580. The summed E-state index contributed by atoms with van der Waals surface area (Å²) in [6.07, 6.45) is 8.99. The molecule has 0 unspecified atom stereocenters. The number of halogens is 2. The second kappa shape index (κ2) is 9.28. The zero-order valence-corrected chi connectivity index (χ0v) is 17.6. The number of nitrogens with zero attached hydrogens (tertiary/aromatic N) is 3. The third-order valence-electron chi connectivity index (χ3n) is 7.23. The van der Waals surface area contributed by atoms with Gasteiger partial charge in [0.05, 0.1) is 25.8 Å². The van der Waals surface area contributed by atoms with Gasteiger partial charge in [0.1, 0.15) is 6.04 Å². The summed E-state index contributed by atoms with van der Waals surface area (Å²) in [6, 6.07) is 2.06. The molecular weight excluding hydrogens is 387 g/mol. The van der Waals surface area contributed by atoms with E-state index < -0.39 is 0 Å². The van der Waals surface area contributed by atoms with Crippen LogP contribution in [-0.4, -0.2) is 72.2 Å². The lowest BCUT2D eigenvalue weighted by molar-refractivity contribution is -0.131. The number of nitrogens with one attached hydrogen (secondary N) is 1. The Kier molecular flexibility index (Phi) is 7.80. The number of morpholine rings is 1. The van der Waals surface area contributed by atoms with Crippen LogP contribution in [0.5, 0.6) is 0 Å². The lowest BCUT2D eigenvalue weighted by Crippen LogP contribution is -2.65. The molecule has 0 aromatic rings. The molecule has 0 radical (unpaired) electrons. The molecule has 2 saturated heterocycles. The van der Waals surface area contributed by atoms with Gasteiger partial charge < -0.3 is 15.0 Å². The standard InChI is InChI=1S/C19H30N4O2.2ClH/c20-14-16-2-1-9-23(16)17(24)15-21-18-3-6-19(7-4-18,8-5-18)22-10-12-25-13-11-22;;/h16,21H,1-13,15H2;2*1H/t16-,18?,19?;;/m0../s1. The van der Waals surface area contributed by atoms with Crippen LogP contribution in [0, 0.1) is 11.3 Å². The first-order valence-electron chi connectivity index (χ1n) is 9.93. The van der Waals surface area contributed by atoms with Gasteiger partial charge in [-0.2, -0.15) is 5.26 Å². The molecule has 0 spiro atoms. The normalized spacial score (nSPS) is 35.8. The smallest absolute Gasteiger partial charge is 0.237 e. The molecule has 27 heavy (non-hydrogen) atoms. The molecular formula is C19H32Cl2N4O2. The molecule has 154 valence electrons. The van der Waals surface area contributed by atoms with Crippen LogP contribution >= 0.6 is 24.8 Å². The van der Waals surface area contributed by atoms with Crippen LogP contribution in [-0.2, 0) is 9.53 Å². The van der Waals surface area contributed by atoms with Gasteiger partial charge >= 0.3 is 0 Å². The predicted octanol–water partition coefficient (Wildman–Crippen LogP) is 2.11. The molecule has 5 fully saturated rings. The highest BCUT2D eigenvalue weighted by atomic mass is 35.5. The van der Waals surface area contributed by atoms with Gasteiger partial charge in [-0.15, -0.1) is 24.8 Å². The third kappa shape index (κ3) is 4.38. The monoisotopic (exact) mass is 418 g/mol. The summed E-state index contributed by atoms with van der Waals surface area (Å²) in [4.78, 5) is 17.0. The molecule has 2 bridgehead atoms. The molecule has 2 aliphatic heterocycles. The zero-order valence-electron chi connectivity index (χ0n) is 16.0. The highest BCUT2D eigenvalue weighted by Crippen LogP contribution is 2.49. The Balaban J connectivity index is 0.00000131. The van der Waals surface area contributed by atoms with E-state index in [0.717, 1.165) is 45.7 Å². The van der Waals surface area contributed by atoms with Crippen LogP contribution in [0.2, 0.25) is 0 Å². The number of carbonyl (C=O) groups is 1. The number of hydrogen-bond acceptors (Lipinski definition) is 5. The molecule has 1 N–H and O–H groups in total. The summed E-state index contributed by atoms with van der Waals surface area (Å²) in [5.41, 5.74) is 0.531. The van der Waals surface area contributed by atoms with Crippen molar-refractivity contribution < 1.29 is 9.53 Å². The summed E-state index contributed by atoms with van der Waals surface area (Å²) in [5, 5.41) is 12.8. The summed E-state index contributed by atoms with van der Waals surface area (Å²) >= 11 is 0. The quantitative estimate of drug-likeness (QED) is 0.756. The number of rotatable bonds is 4. The van der Waals surface area contributed by atoms with E-state index in [1.165, 1.54) is 38.5 Å². The van der Waals surface area contributed by atoms with Gasteiger partial charge in [0.25, 0.3) is 0 Å². The fraction of sp³-hybridized carbons (Fsp3) is 0.895. The molecule has 5 rings (SSSR count). The molecule has 2 heterocycles. The van der Waals surface area contributed by atoms with Crippen molar-refractivity contribution in [2.75, 3.05) is 39.4 Å². The second-order valence-electron chi connectivity index (χ2n) is 8.33. The van der Waals surface area contributed by atoms with Crippen LogP contribution in [0.25, 0.3) is 0 Å². The average Bonchev–Trinajstić information content (AvgIpc) is 3.17. The maximum Gasteiger partial charge on any atom is 0.237 e. The first-order chi connectivity index (χ1) is 12.2. The molecule has 3 saturated carbocycles. The van der Waals surface area contributed by atoms with E-state index in [0.29, 0.717) is 12.1 Å². The Labute approximate surface area is 174 Å². The number of carbonyl (C=O) groups excluding carboxylic acids is 1. The van der Waals surface area contributed by atoms with E-state index in [4.69, 9.17) is 4.74 Å². The van der Waals surface area contributed by atoms with Gasteiger partial charge in [0.2, 0.25) is 5.91 Å². The fourth-order valence-corrected chi connectivity index (χ4v) is 5.51. The van der Waals surface area contributed by atoms with Crippen molar-refractivity contribution in [2.45, 2.75) is 68.5 Å². The lowest BCUT2D eigenvalue weighted by Gasteiger charge is -2.58. The van der Waals surface area contributed by atoms with Gasteiger partial charge in [-0.1, -0.05) is 0 Å². The zero-order chi connectivity index (χ0) is 17.3.